The zero-order valence-electron chi connectivity index (χ0n) is 10.7. The summed E-state index contributed by atoms with van der Waals surface area (Å²) in [6, 6.07) is 1.80. The Kier molecular flexibility index (Phi) is 4.59. The molecule has 0 unspecified atom stereocenters. The number of carbonyl (C=O) groups excluding carboxylic acids is 1. The quantitative estimate of drug-likeness (QED) is 0.478. The van der Waals surface area contributed by atoms with Crippen LogP contribution in [0.25, 0.3) is 0 Å². The number of nitrogens with one attached hydrogen (secondary N) is 1. The van der Waals surface area contributed by atoms with E-state index in [1.165, 1.54) is 32.6 Å². The molecule has 0 spiro atoms. The second-order valence-electron chi connectivity index (χ2n) is 4.45. The maximum Gasteiger partial charge on any atom is 0.374 e. The van der Waals surface area contributed by atoms with Crippen LogP contribution in [0.2, 0.25) is 0 Å². The summed E-state index contributed by atoms with van der Waals surface area (Å²) in [5, 5.41) is 3.33. The van der Waals surface area contributed by atoms with Gasteiger partial charge in [0.2, 0.25) is 5.76 Å². The number of esters is 1. The molecule has 0 amide bonds. The summed E-state index contributed by atoms with van der Waals surface area (Å²) in [5.41, 5.74) is 2.39. The third kappa shape index (κ3) is 3.23. The van der Waals surface area contributed by atoms with E-state index in [9.17, 15) is 4.79 Å². The fourth-order valence-electron chi connectivity index (χ4n) is 2.18. The molecule has 0 fully saturated rings. The molecule has 0 aliphatic heterocycles. The number of ether oxygens (including phenoxy) is 1. The van der Waals surface area contributed by atoms with E-state index in [2.05, 4.69) is 16.1 Å². The van der Waals surface area contributed by atoms with Gasteiger partial charge in [-0.1, -0.05) is 11.6 Å². The molecule has 18 heavy (non-hydrogen) atoms. The Labute approximate surface area is 107 Å². The van der Waals surface area contributed by atoms with Crippen LogP contribution < -0.4 is 5.32 Å². The Morgan fingerprint density at radius 2 is 2.44 bits per heavy atom. The van der Waals surface area contributed by atoms with Crippen LogP contribution in [0.15, 0.2) is 28.4 Å². The number of methoxy groups -OCH3 is 1. The van der Waals surface area contributed by atoms with Crippen molar-refractivity contribution in [1.82, 2.24) is 5.32 Å². The molecule has 4 heteroatoms. The van der Waals surface area contributed by atoms with Gasteiger partial charge in [-0.2, -0.15) is 0 Å². The lowest BCUT2D eigenvalue weighted by atomic mass is 10.1. The smallest absolute Gasteiger partial charge is 0.374 e. The van der Waals surface area contributed by atoms with E-state index in [0.29, 0.717) is 12.3 Å². The van der Waals surface area contributed by atoms with E-state index in [1.807, 2.05) is 0 Å². The van der Waals surface area contributed by atoms with Gasteiger partial charge < -0.3 is 14.5 Å². The monoisotopic (exact) mass is 249 g/mol. The highest BCUT2D eigenvalue weighted by Crippen LogP contribution is 2.19. The lowest BCUT2D eigenvalue weighted by molar-refractivity contribution is 0.0563. The molecule has 1 heterocycles. The van der Waals surface area contributed by atoms with Crippen LogP contribution in [0, 0.1) is 0 Å². The van der Waals surface area contributed by atoms with Crippen molar-refractivity contribution < 1.29 is 13.9 Å². The molecule has 0 atom stereocenters. The fraction of sp³-hybridized carbons (Fsp3) is 0.500. The molecule has 1 aliphatic carbocycles. The first-order chi connectivity index (χ1) is 8.81. The molecule has 1 aliphatic rings. The van der Waals surface area contributed by atoms with Crippen molar-refractivity contribution in [2.75, 3.05) is 13.7 Å². The molecule has 0 radical (unpaired) electrons. The lowest BCUT2D eigenvalue weighted by Gasteiger charge is -2.05. The van der Waals surface area contributed by atoms with Crippen LogP contribution in [0.4, 0.5) is 0 Å². The van der Waals surface area contributed by atoms with Gasteiger partial charge in [-0.3, -0.25) is 0 Å². The van der Waals surface area contributed by atoms with Crippen molar-refractivity contribution in [1.29, 1.82) is 0 Å². The average molecular weight is 249 g/mol. The normalized spacial score (nSPS) is 14.6. The molecule has 1 aromatic heterocycles. The second kappa shape index (κ2) is 6.40. The average Bonchev–Trinajstić information content (AvgIpc) is 3.04. The summed E-state index contributed by atoms with van der Waals surface area (Å²) in [5.74, 6) is -0.125. The van der Waals surface area contributed by atoms with E-state index in [4.69, 9.17) is 4.42 Å². The summed E-state index contributed by atoms with van der Waals surface area (Å²) in [6.07, 6.45) is 8.70. The largest absolute Gasteiger partial charge is 0.463 e. The number of allylic oxidation sites excluding steroid dienone is 1. The van der Waals surface area contributed by atoms with Gasteiger partial charge >= 0.3 is 5.97 Å². The molecule has 0 bridgehead atoms. The predicted molar refractivity (Wildman–Crippen MR) is 68.3 cm³/mol. The number of furan rings is 1. The summed E-state index contributed by atoms with van der Waals surface area (Å²) < 4.78 is 9.78. The van der Waals surface area contributed by atoms with Gasteiger partial charge in [-0.25, -0.2) is 4.79 Å². The third-order valence-corrected chi connectivity index (χ3v) is 3.19. The molecule has 4 nitrogen and oxygen atoms in total. The van der Waals surface area contributed by atoms with Gasteiger partial charge in [0.1, 0.15) is 0 Å². The number of hydrogen-bond acceptors (Lipinski definition) is 4. The highest BCUT2D eigenvalue weighted by molar-refractivity contribution is 5.87. The Hall–Kier alpha value is -1.55. The molecule has 1 N–H and O–H groups in total. The Morgan fingerprint density at radius 3 is 3.17 bits per heavy atom. The maximum atomic E-state index is 11.4. The van der Waals surface area contributed by atoms with E-state index < -0.39 is 5.97 Å². The minimum absolute atomic E-state index is 0.296. The van der Waals surface area contributed by atoms with E-state index in [1.54, 1.807) is 11.6 Å². The summed E-state index contributed by atoms with van der Waals surface area (Å²) >= 11 is 0. The van der Waals surface area contributed by atoms with Crippen LogP contribution in [-0.4, -0.2) is 19.6 Å². The first kappa shape index (κ1) is 12.9. The fourth-order valence-corrected chi connectivity index (χ4v) is 2.18. The molecule has 2 rings (SSSR count). The Bertz CT molecular complexity index is 434. The van der Waals surface area contributed by atoms with Crippen molar-refractivity contribution in [3.8, 4) is 0 Å². The Balaban J connectivity index is 1.76. The van der Waals surface area contributed by atoms with Crippen molar-refractivity contribution in [2.45, 2.75) is 32.2 Å². The number of hydrogen-bond donors (Lipinski definition) is 1. The van der Waals surface area contributed by atoms with Crippen LogP contribution in [-0.2, 0) is 11.3 Å². The van der Waals surface area contributed by atoms with Crippen molar-refractivity contribution in [3.63, 3.8) is 0 Å². The van der Waals surface area contributed by atoms with Crippen molar-refractivity contribution in [2.24, 2.45) is 0 Å². The van der Waals surface area contributed by atoms with Gasteiger partial charge in [0.25, 0.3) is 0 Å². The third-order valence-electron chi connectivity index (χ3n) is 3.19. The predicted octanol–water partition coefficient (Wildman–Crippen LogP) is 2.66. The van der Waals surface area contributed by atoms with Crippen LogP contribution in [0.5, 0.6) is 0 Å². The van der Waals surface area contributed by atoms with E-state index >= 15 is 0 Å². The molecular weight excluding hydrogens is 230 g/mol. The lowest BCUT2D eigenvalue weighted by Crippen LogP contribution is -2.16. The summed E-state index contributed by atoms with van der Waals surface area (Å²) in [4.78, 5) is 11.4. The molecule has 98 valence electrons. The van der Waals surface area contributed by atoms with Gasteiger partial charge in [0.15, 0.2) is 0 Å². The number of rotatable bonds is 6. The SMILES string of the molecule is COC(=O)c1occc1CNCCC1=CCCC1. The molecular formula is C14H19NO3. The Morgan fingerprint density at radius 1 is 1.56 bits per heavy atom. The van der Waals surface area contributed by atoms with Gasteiger partial charge in [0.05, 0.1) is 13.4 Å². The molecule has 1 aromatic rings. The first-order valence-electron chi connectivity index (χ1n) is 6.34. The first-order valence-corrected chi connectivity index (χ1v) is 6.34. The summed E-state index contributed by atoms with van der Waals surface area (Å²) in [6.45, 7) is 1.56. The highest BCUT2D eigenvalue weighted by atomic mass is 16.5. The van der Waals surface area contributed by atoms with Gasteiger partial charge in [-0.15, -0.1) is 0 Å². The van der Waals surface area contributed by atoms with Crippen LogP contribution in [0.1, 0.15) is 41.8 Å². The van der Waals surface area contributed by atoms with Crippen LogP contribution in [0.3, 0.4) is 0 Å². The van der Waals surface area contributed by atoms with Crippen molar-refractivity contribution >= 4 is 5.97 Å². The van der Waals surface area contributed by atoms with Crippen LogP contribution >= 0.6 is 0 Å². The highest BCUT2D eigenvalue weighted by Gasteiger charge is 2.15. The van der Waals surface area contributed by atoms with E-state index in [0.717, 1.165) is 18.5 Å². The molecule has 0 saturated carbocycles. The number of carbonyl (C=O) groups is 1. The maximum absolute atomic E-state index is 11.4. The minimum atomic E-state index is -0.421. The molecule has 0 aromatic carbocycles. The standard InChI is InChI=1S/C14H19NO3/c1-17-14(16)13-12(7-9-18-13)10-15-8-6-11-4-2-3-5-11/h4,7,9,15H,2-3,5-6,8,10H2,1H3. The molecule has 0 saturated heterocycles. The van der Waals surface area contributed by atoms with Gasteiger partial charge in [0, 0.05) is 12.1 Å². The van der Waals surface area contributed by atoms with Crippen molar-refractivity contribution in [3.05, 3.63) is 35.3 Å². The minimum Gasteiger partial charge on any atom is -0.463 e. The topological polar surface area (TPSA) is 51.5 Å². The van der Waals surface area contributed by atoms with Gasteiger partial charge in [-0.05, 0) is 38.3 Å². The second-order valence-corrected chi connectivity index (χ2v) is 4.45. The van der Waals surface area contributed by atoms with E-state index in [-0.39, 0.29) is 0 Å². The zero-order chi connectivity index (χ0) is 12.8. The summed E-state index contributed by atoms with van der Waals surface area (Å²) in [7, 11) is 1.36. The zero-order valence-corrected chi connectivity index (χ0v) is 10.7.